The maximum Gasteiger partial charge on any atom is 0.245 e. The second-order valence-electron chi connectivity index (χ2n) is 5.13. The lowest BCUT2D eigenvalue weighted by atomic mass is 10.0. The van der Waals surface area contributed by atoms with Gasteiger partial charge in [0, 0.05) is 23.5 Å². The van der Waals surface area contributed by atoms with Crippen LogP contribution in [0.3, 0.4) is 0 Å². The molecule has 120 valence electrons. The zero-order valence-electron chi connectivity index (χ0n) is 12.4. The average molecular weight is 436 g/mol. The number of ether oxygens (including phenoxy) is 1. The molecule has 2 rings (SSSR count). The summed E-state index contributed by atoms with van der Waals surface area (Å²) in [6, 6.07) is -0.661. The van der Waals surface area contributed by atoms with Crippen molar-refractivity contribution >= 4 is 43.7 Å². The number of methoxy groups -OCH3 is 1. The number of piperazine rings is 1. The van der Waals surface area contributed by atoms with E-state index in [9.17, 15) is 14.7 Å². The SMILES string of the molecule is COc1c(C)c(Br)c(CC2NC(=O)CN(C)C2=O)c(Br)c1O. The minimum atomic E-state index is -0.661. The molecule has 1 aromatic rings. The van der Waals surface area contributed by atoms with Crippen LogP contribution in [0, 0.1) is 6.92 Å². The van der Waals surface area contributed by atoms with Crippen LogP contribution in [0.1, 0.15) is 11.1 Å². The van der Waals surface area contributed by atoms with Gasteiger partial charge in [-0.2, -0.15) is 0 Å². The number of amides is 2. The van der Waals surface area contributed by atoms with Gasteiger partial charge in [-0.25, -0.2) is 0 Å². The van der Waals surface area contributed by atoms with Crippen molar-refractivity contribution in [3.63, 3.8) is 0 Å². The van der Waals surface area contributed by atoms with E-state index in [1.807, 2.05) is 0 Å². The largest absolute Gasteiger partial charge is 0.503 e. The molecular weight excluding hydrogens is 420 g/mol. The molecule has 0 aliphatic carbocycles. The van der Waals surface area contributed by atoms with Crippen molar-refractivity contribution in [3.8, 4) is 11.5 Å². The minimum absolute atomic E-state index is 0.0267. The van der Waals surface area contributed by atoms with Crippen LogP contribution in [0.4, 0.5) is 0 Å². The van der Waals surface area contributed by atoms with E-state index in [1.54, 1.807) is 14.0 Å². The second kappa shape index (κ2) is 6.45. The molecule has 1 unspecified atom stereocenters. The first-order valence-corrected chi connectivity index (χ1v) is 8.14. The Morgan fingerprint density at radius 2 is 2.00 bits per heavy atom. The lowest BCUT2D eigenvalue weighted by molar-refractivity contribution is -0.142. The number of nitrogens with zero attached hydrogens (tertiary/aromatic N) is 1. The number of carbonyl (C=O) groups excluding carboxylic acids is 2. The van der Waals surface area contributed by atoms with E-state index in [0.717, 1.165) is 10.0 Å². The highest BCUT2D eigenvalue weighted by Crippen LogP contribution is 2.44. The Labute approximate surface area is 145 Å². The number of phenols is 1. The summed E-state index contributed by atoms with van der Waals surface area (Å²) in [7, 11) is 3.06. The standard InChI is InChI=1S/C14H16Br2N2O4/c1-6-10(15)7(11(16)12(20)13(6)22-3)4-8-14(21)18(2)5-9(19)17-8/h8,20H,4-5H2,1-3H3,(H,17,19). The van der Waals surface area contributed by atoms with Gasteiger partial charge in [-0.3, -0.25) is 9.59 Å². The molecule has 1 atom stereocenters. The van der Waals surface area contributed by atoms with Crippen molar-refractivity contribution in [2.45, 2.75) is 19.4 Å². The number of nitrogens with one attached hydrogen (secondary N) is 1. The highest BCUT2D eigenvalue weighted by molar-refractivity contribution is 9.11. The monoisotopic (exact) mass is 434 g/mol. The molecule has 0 spiro atoms. The third kappa shape index (κ3) is 2.94. The van der Waals surface area contributed by atoms with E-state index < -0.39 is 6.04 Å². The van der Waals surface area contributed by atoms with E-state index >= 15 is 0 Å². The molecule has 0 radical (unpaired) electrons. The molecule has 0 aromatic heterocycles. The number of likely N-dealkylation sites (N-methyl/N-ethyl adjacent to an activating group) is 1. The first-order valence-electron chi connectivity index (χ1n) is 6.55. The number of aromatic hydroxyl groups is 1. The van der Waals surface area contributed by atoms with Crippen LogP contribution < -0.4 is 10.1 Å². The smallest absolute Gasteiger partial charge is 0.245 e. The molecule has 0 saturated carbocycles. The first kappa shape index (κ1) is 17.1. The Kier molecular flexibility index (Phi) is 5.01. The fourth-order valence-corrected chi connectivity index (χ4v) is 3.82. The van der Waals surface area contributed by atoms with Gasteiger partial charge in [0.15, 0.2) is 11.5 Å². The molecule has 1 aromatic carbocycles. The summed E-state index contributed by atoms with van der Waals surface area (Å²) in [5.41, 5.74) is 1.42. The first-order chi connectivity index (χ1) is 10.3. The normalized spacial score (nSPS) is 18.4. The number of carbonyl (C=O) groups is 2. The maximum absolute atomic E-state index is 12.2. The molecule has 2 N–H and O–H groups in total. The predicted molar refractivity (Wildman–Crippen MR) is 88.1 cm³/mol. The van der Waals surface area contributed by atoms with E-state index in [1.165, 1.54) is 12.0 Å². The Balaban J connectivity index is 2.42. The van der Waals surface area contributed by atoms with Gasteiger partial charge in [0.05, 0.1) is 18.1 Å². The fourth-order valence-electron chi connectivity index (χ4n) is 2.48. The van der Waals surface area contributed by atoms with Crippen molar-refractivity contribution < 1.29 is 19.4 Å². The maximum atomic E-state index is 12.2. The molecule has 8 heteroatoms. The van der Waals surface area contributed by atoms with Gasteiger partial charge in [0.2, 0.25) is 11.8 Å². The summed E-state index contributed by atoms with van der Waals surface area (Å²) >= 11 is 6.81. The van der Waals surface area contributed by atoms with Crippen LogP contribution in [-0.4, -0.2) is 48.6 Å². The van der Waals surface area contributed by atoms with Gasteiger partial charge in [0.1, 0.15) is 6.04 Å². The van der Waals surface area contributed by atoms with Gasteiger partial charge in [-0.15, -0.1) is 0 Å². The third-order valence-corrected chi connectivity index (χ3v) is 5.55. The van der Waals surface area contributed by atoms with Crippen LogP contribution in [0.2, 0.25) is 0 Å². The molecule has 22 heavy (non-hydrogen) atoms. The van der Waals surface area contributed by atoms with Gasteiger partial charge in [-0.1, -0.05) is 15.9 Å². The van der Waals surface area contributed by atoms with Crippen LogP contribution in [0.5, 0.6) is 11.5 Å². The van der Waals surface area contributed by atoms with Crippen molar-refractivity contribution in [3.05, 3.63) is 20.1 Å². The van der Waals surface area contributed by atoms with E-state index in [4.69, 9.17) is 4.74 Å². The number of phenolic OH excluding ortho intramolecular Hbond substituents is 1. The van der Waals surface area contributed by atoms with E-state index in [-0.39, 0.29) is 30.5 Å². The topological polar surface area (TPSA) is 78.9 Å². The predicted octanol–water partition coefficient (Wildman–Crippen LogP) is 1.73. The zero-order chi connectivity index (χ0) is 16.6. The summed E-state index contributed by atoms with van der Waals surface area (Å²) in [6.45, 7) is 1.86. The average Bonchev–Trinajstić information content (AvgIpc) is 2.47. The molecular formula is C14H16Br2N2O4. The molecule has 1 heterocycles. The number of benzene rings is 1. The molecule has 6 nitrogen and oxygen atoms in total. The number of rotatable bonds is 3. The van der Waals surface area contributed by atoms with Crippen LogP contribution in [0.15, 0.2) is 8.95 Å². The van der Waals surface area contributed by atoms with Crippen molar-refractivity contribution in [1.82, 2.24) is 10.2 Å². The van der Waals surface area contributed by atoms with Crippen molar-refractivity contribution in [2.75, 3.05) is 20.7 Å². The van der Waals surface area contributed by atoms with Crippen LogP contribution >= 0.6 is 31.9 Å². The summed E-state index contributed by atoms with van der Waals surface area (Å²) in [6.07, 6.45) is 0.258. The summed E-state index contributed by atoms with van der Waals surface area (Å²) in [4.78, 5) is 25.2. The summed E-state index contributed by atoms with van der Waals surface area (Å²) in [5, 5.41) is 12.9. The third-order valence-electron chi connectivity index (χ3n) is 3.63. The second-order valence-corrected chi connectivity index (χ2v) is 6.72. The van der Waals surface area contributed by atoms with Crippen LogP contribution in [-0.2, 0) is 16.0 Å². The molecule has 1 saturated heterocycles. The Morgan fingerprint density at radius 3 is 2.59 bits per heavy atom. The van der Waals surface area contributed by atoms with Crippen LogP contribution in [0.25, 0.3) is 0 Å². The van der Waals surface area contributed by atoms with Gasteiger partial charge < -0.3 is 20.1 Å². The molecule has 2 amide bonds. The molecule has 1 aliphatic heterocycles. The van der Waals surface area contributed by atoms with E-state index in [2.05, 4.69) is 37.2 Å². The van der Waals surface area contributed by atoms with Gasteiger partial charge in [0.25, 0.3) is 0 Å². The van der Waals surface area contributed by atoms with Crippen molar-refractivity contribution in [2.24, 2.45) is 0 Å². The molecule has 1 fully saturated rings. The number of hydrogen-bond donors (Lipinski definition) is 2. The quantitative estimate of drug-likeness (QED) is 0.757. The van der Waals surface area contributed by atoms with Crippen molar-refractivity contribution in [1.29, 1.82) is 0 Å². The summed E-state index contributed by atoms with van der Waals surface area (Å²) in [5.74, 6) is -0.0278. The highest BCUT2D eigenvalue weighted by Gasteiger charge is 2.32. The van der Waals surface area contributed by atoms with Gasteiger partial charge in [-0.05, 0) is 28.4 Å². The Bertz CT molecular complexity index is 619. The minimum Gasteiger partial charge on any atom is -0.503 e. The number of hydrogen-bond acceptors (Lipinski definition) is 4. The zero-order valence-corrected chi connectivity index (χ0v) is 15.5. The Morgan fingerprint density at radius 1 is 1.36 bits per heavy atom. The molecule has 0 bridgehead atoms. The van der Waals surface area contributed by atoms with E-state index in [0.29, 0.717) is 15.8 Å². The lowest BCUT2D eigenvalue weighted by Gasteiger charge is -2.30. The summed E-state index contributed by atoms with van der Waals surface area (Å²) < 4.78 is 6.35. The molecule has 1 aliphatic rings. The number of halogens is 2. The Hall–Kier alpha value is -1.28. The van der Waals surface area contributed by atoms with Gasteiger partial charge >= 0.3 is 0 Å². The lowest BCUT2D eigenvalue weighted by Crippen LogP contribution is -2.57. The highest BCUT2D eigenvalue weighted by atomic mass is 79.9. The fraction of sp³-hybridized carbons (Fsp3) is 0.429.